The number of rotatable bonds is 4. The van der Waals surface area contributed by atoms with Crippen molar-refractivity contribution in [3.05, 3.63) is 46.9 Å². The molecule has 1 aliphatic rings. The number of hydrogen-bond donors (Lipinski definition) is 3. The van der Waals surface area contributed by atoms with Gasteiger partial charge in [0.25, 0.3) is 5.91 Å². The zero-order valence-corrected chi connectivity index (χ0v) is 20.4. The molecule has 170 valence electrons. The first-order valence-electron chi connectivity index (χ1n) is 10.2. The van der Waals surface area contributed by atoms with Gasteiger partial charge >= 0.3 is 9.01 Å². The molecule has 1 atom stereocenters. The molecule has 2 aromatic rings. The molecular weight excluding hydrogens is 426 g/mol. The molecule has 0 saturated heterocycles. The predicted octanol–water partition coefficient (Wildman–Crippen LogP) is 3.32. The predicted molar refractivity (Wildman–Crippen MR) is 125 cm³/mol. The highest BCUT2D eigenvalue weighted by Crippen LogP contribution is 2.35. The lowest BCUT2D eigenvalue weighted by Crippen LogP contribution is -2.41. The van der Waals surface area contributed by atoms with E-state index in [1.165, 1.54) is 4.90 Å². The van der Waals surface area contributed by atoms with Crippen molar-refractivity contribution in [1.82, 2.24) is 10.2 Å². The summed E-state index contributed by atoms with van der Waals surface area (Å²) in [5.41, 5.74) is 0.845. The zero-order valence-electron chi connectivity index (χ0n) is 19.4. The summed E-state index contributed by atoms with van der Waals surface area (Å²) in [4.78, 5) is 13.9. The second kappa shape index (κ2) is 8.70. The molecule has 0 saturated carbocycles. The zero-order chi connectivity index (χ0) is 23.8. The number of amidine groups is 2. The Hall–Kier alpha value is -3.27. The maximum atomic E-state index is 12.5. The van der Waals surface area contributed by atoms with Gasteiger partial charge in [0.15, 0.2) is 17.4 Å². The molecule has 0 fully saturated rings. The number of phenols is 1. The van der Waals surface area contributed by atoms with Crippen molar-refractivity contribution in [3.8, 4) is 5.75 Å². The van der Waals surface area contributed by atoms with Gasteiger partial charge in [-0.05, 0) is 43.0 Å². The average Bonchev–Trinajstić information content (AvgIpc) is 3.26. The van der Waals surface area contributed by atoms with Gasteiger partial charge in [0.2, 0.25) is 0 Å². The Morgan fingerprint density at radius 3 is 2.34 bits per heavy atom. The number of amides is 1. The Bertz CT molecular complexity index is 1130. The second-order valence-corrected chi connectivity index (χ2v) is 10.1. The Balaban J connectivity index is 1.92. The van der Waals surface area contributed by atoms with E-state index in [9.17, 15) is 14.4 Å². The third kappa shape index (κ3) is 4.80. The fourth-order valence-electron chi connectivity index (χ4n) is 3.38. The van der Waals surface area contributed by atoms with E-state index < -0.39 is 9.01 Å². The SMILES string of the molecule is Cc1ccc([C@H](NC2=N[Si](=O)N=C2Nc2ccc(C)c(C(=O)N(C)C)c2O)C(C)(C)C)o1. The first-order valence-corrected chi connectivity index (χ1v) is 11.5. The van der Waals surface area contributed by atoms with E-state index in [1.54, 1.807) is 33.2 Å². The molecule has 10 heteroatoms. The standard InChI is InChI=1S/C22H29N5O4Si/c1-12-8-10-14(17(28)16(12)21(29)27(6)7)23-19-20(26-32(30)25-19)24-18(22(3,4)5)15-11-9-13(2)31-15/h8-11,18,28H,1-7H3,(H,23,25)(H,24,26)/t18-/m0/s1. The minimum Gasteiger partial charge on any atom is -0.505 e. The van der Waals surface area contributed by atoms with Gasteiger partial charge < -0.3 is 29.5 Å². The lowest BCUT2D eigenvalue weighted by Gasteiger charge is -2.31. The van der Waals surface area contributed by atoms with Gasteiger partial charge in [0.05, 0.1) is 17.3 Å². The topological polar surface area (TPSA) is 120 Å². The van der Waals surface area contributed by atoms with Crippen LogP contribution in [0.15, 0.2) is 38.0 Å². The number of nitrogens with one attached hydrogen (secondary N) is 2. The Morgan fingerprint density at radius 2 is 1.78 bits per heavy atom. The lowest BCUT2D eigenvalue weighted by atomic mass is 9.85. The van der Waals surface area contributed by atoms with E-state index in [-0.39, 0.29) is 40.2 Å². The minimum absolute atomic E-state index is 0.191. The van der Waals surface area contributed by atoms with Crippen molar-refractivity contribution in [1.29, 1.82) is 0 Å². The average molecular weight is 456 g/mol. The van der Waals surface area contributed by atoms with Gasteiger partial charge in [0.1, 0.15) is 11.5 Å². The number of benzene rings is 1. The van der Waals surface area contributed by atoms with Crippen molar-refractivity contribution in [2.45, 2.75) is 40.7 Å². The van der Waals surface area contributed by atoms with Crippen molar-refractivity contribution in [2.24, 2.45) is 14.7 Å². The van der Waals surface area contributed by atoms with E-state index in [2.05, 4.69) is 40.7 Å². The Morgan fingerprint density at radius 1 is 1.12 bits per heavy atom. The third-order valence-corrected chi connectivity index (χ3v) is 5.92. The molecule has 1 amide bonds. The number of hydrogen-bond acceptors (Lipinski definition) is 6. The molecule has 0 spiro atoms. The van der Waals surface area contributed by atoms with Gasteiger partial charge in [-0.15, -0.1) is 0 Å². The highest BCUT2D eigenvalue weighted by atomic mass is 28.3. The van der Waals surface area contributed by atoms with Crippen molar-refractivity contribution in [3.63, 3.8) is 0 Å². The quantitative estimate of drug-likeness (QED) is 0.481. The highest BCUT2D eigenvalue weighted by Gasteiger charge is 2.33. The number of aromatic hydroxyl groups is 1. The fourth-order valence-corrected chi connectivity index (χ4v) is 4.15. The van der Waals surface area contributed by atoms with E-state index in [4.69, 9.17) is 4.42 Å². The first kappa shape index (κ1) is 23.4. The first-order chi connectivity index (χ1) is 14.9. The van der Waals surface area contributed by atoms with E-state index in [0.717, 1.165) is 11.5 Å². The molecule has 3 rings (SSSR count). The van der Waals surface area contributed by atoms with Crippen LogP contribution < -0.4 is 10.6 Å². The maximum absolute atomic E-state index is 12.5. The number of nitrogens with zero attached hydrogens (tertiary/aromatic N) is 3. The summed E-state index contributed by atoms with van der Waals surface area (Å²) in [5, 5.41) is 17.1. The summed E-state index contributed by atoms with van der Waals surface area (Å²) in [6, 6.07) is 6.88. The van der Waals surface area contributed by atoms with Crippen LogP contribution in [0.4, 0.5) is 5.69 Å². The second-order valence-electron chi connectivity index (χ2n) is 9.07. The number of phenolic OH excluding ortho intramolecular Hbond substituents is 1. The molecule has 3 N–H and O–H groups in total. The number of anilines is 1. The number of carbonyl (C=O) groups is 1. The van der Waals surface area contributed by atoms with Crippen LogP contribution in [-0.2, 0) is 4.46 Å². The number of aryl methyl sites for hydroxylation is 2. The van der Waals surface area contributed by atoms with Crippen molar-refractivity contribution < 1.29 is 18.8 Å². The lowest BCUT2D eigenvalue weighted by molar-refractivity contribution is 0.0824. The molecule has 1 aromatic heterocycles. The van der Waals surface area contributed by atoms with E-state index in [1.807, 2.05) is 19.1 Å². The Labute approximate surface area is 189 Å². The normalized spacial score (nSPS) is 14.7. The molecule has 9 nitrogen and oxygen atoms in total. The molecule has 1 aliphatic heterocycles. The highest BCUT2D eigenvalue weighted by molar-refractivity contribution is 6.61. The molecule has 1 aromatic carbocycles. The summed E-state index contributed by atoms with van der Waals surface area (Å²) in [6.07, 6.45) is 0. The smallest absolute Gasteiger partial charge is 0.505 e. The molecule has 0 unspecified atom stereocenters. The summed E-state index contributed by atoms with van der Waals surface area (Å²) >= 11 is 0. The van der Waals surface area contributed by atoms with Gasteiger partial charge in [0, 0.05) is 14.1 Å². The summed E-state index contributed by atoms with van der Waals surface area (Å²) in [7, 11) is 0.649. The van der Waals surface area contributed by atoms with Crippen LogP contribution in [0.5, 0.6) is 5.75 Å². The van der Waals surface area contributed by atoms with E-state index >= 15 is 0 Å². The van der Waals surface area contributed by atoms with Crippen LogP contribution in [0.3, 0.4) is 0 Å². The summed E-state index contributed by atoms with van der Waals surface area (Å²) in [6.45, 7) is 9.78. The fraction of sp³-hybridized carbons (Fsp3) is 0.409. The molecular formula is C22H29N5O4Si. The van der Waals surface area contributed by atoms with E-state index in [0.29, 0.717) is 11.4 Å². The van der Waals surface area contributed by atoms with Crippen molar-refractivity contribution in [2.75, 3.05) is 19.4 Å². The molecule has 2 heterocycles. The minimum atomic E-state index is -2.59. The van der Waals surface area contributed by atoms with Crippen molar-refractivity contribution >= 4 is 32.3 Å². The third-order valence-electron chi connectivity index (χ3n) is 5.09. The number of furan rings is 1. The molecule has 0 aliphatic carbocycles. The maximum Gasteiger partial charge on any atom is 0.572 e. The van der Waals surface area contributed by atoms with Gasteiger partial charge in [-0.25, -0.2) is 9.32 Å². The van der Waals surface area contributed by atoms with Crippen LogP contribution in [-0.4, -0.2) is 50.7 Å². The van der Waals surface area contributed by atoms with Crippen LogP contribution in [0.2, 0.25) is 0 Å². The van der Waals surface area contributed by atoms with Crippen LogP contribution in [0.1, 0.15) is 54.3 Å². The van der Waals surface area contributed by atoms with Gasteiger partial charge in [-0.3, -0.25) is 4.79 Å². The van der Waals surface area contributed by atoms with Gasteiger partial charge in [-0.1, -0.05) is 26.8 Å². The summed E-state index contributed by atoms with van der Waals surface area (Å²) in [5.74, 6) is 1.52. The molecule has 0 bridgehead atoms. The largest absolute Gasteiger partial charge is 0.572 e. The monoisotopic (exact) mass is 455 g/mol. The molecule has 0 radical (unpaired) electrons. The molecule has 32 heavy (non-hydrogen) atoms. The van der Waals surface area contributed by atoms with Gasteiger partial charge in [-0.2, -0.15) is 0 Å². The van der Waals surface area contributed by atoms with Crippen LogP contribution >= 0.6 is 0 Å². The number of carbonyl (C=O) groups excluding carboxylic acids is 1. The van der Waals surface area contributed by atoms with Crippen LogP contribution in [0.25, 0.3) is 0 Å². The Kier molecular flexibility index (Phi) is 6.36. The summed E-state index contributed by atoms with van der Waals surface area (Å²) < 4.78 is 26.3. The van der Waals surface area contributed by atoms with Crippen LogP contribution in [0, 0.1) is 19.3 Å².